The van der Waals surface area contributed by atoms with Gasteiger partial charge in [-0.15, -0.1) is 11.3 Å². The molecule has 1 aromatic carbocycles. The summed E-state index contributed by atoms with van der Waals surface area (Å²) in [5.74, 6) is 1.52. The van der Waals surface area contributed by atoms with Crippen LogP contribution in [0.5, 0.6) is 11.5 Å². The van der Waals surface area contributed by atoms with Gasteiger partial charge in [-0.05, 0) is 39.7 Å². The maximum absolute atomic E-state index is 5.29. The molecule has 0 aliphatic rings. The molecule has 0 amide bonds. The number of ether oxygens (including phenoxy) is 2. The van der Waals surface area contributed by atoms with E-state index in [1.807, 2.05) is 18.2 Å². The molecule has 3 nitrogen and oxygen atoms in total. The van der Waals surface area contributed by atoms with Crippen molar-refractivity contribution in [1.29, 1.82) is 0 Å². The van der Waals surface area contributed by atoms with Gasteiger partial charge in [0.2, 0.25) is 0 Å². The first-order valence-corrected chi connectivity index (χ1v) is 7.54. The van der Waals surface area contributed by atoms with Crippen LogP contribution in [0.2, 0.25) is 0 Å². The molecule has 0 unspecified atom stereocenters. The van der Waals surface area contributed by atoms with Gasteiger partial charge in [-0.1, -0.05) is 6.07 Å². The van der Waals surface area contributed by atoms with Crippen molar-refractivity contribution in [3.05, 3.63) is 44.6 Å². The zero-order chi connectivity index (χ0) is 13.7. The van der Waals surface area contributed by atoms with Crippen molar-refractivity contribution in [3.8, 4) is 11.5 Å². The van der Waals surface area contributed by atoms with Crippen LogP contribution in [-0.4, -0.2) is 14.2 Å². The third kappa shape index (κ3) is 3.96. The van der Waals surface area contributed by atoms with Crippen LogP contribution in [-0.2, 0) is 13.1 Å². The van der Waals surface area contributed by atoms with Crippen LogP contribution in [0.3, 0.4) is 0 Å². The van der Waals surface area contributed by atoms with E-state index in [-0.39, 0.29) is 0 Å². The Labute approximate surface area is 125 Å². The SMILES string of the molecule is COc1ccc(CNCc2cc(Br)cs2)cc1OC. The van der Waals surface area contributed by atoms with E-state index in [0.29, 0.717) is 0 Å². The lowest BCUT2D eigenvalue weighted by Crippen LogP contribution is -2.11. The molecule has 2 rings (SSSR count). The van der Waals surface area contributed by atoms with E-state index < -0.39 is 0 Å². The Bertz CT molecular complexity index is 542. The molecule has 2 aromatic rings. The second-order valence-corrected chi connectivity index (χ2v) is 5.94. The lowest BCUT2D eigenvalue weighted by molar-refractivity contribution is 0.354. The quantitative estimate of drug-likeness (QED) is 0.866. The molecule has 0 bridgehead atoms. The van der Waals surface area contributed by atoms with Gasteiger partial charge in [0, 0.05) is 27.8 Å². The third-order valence-corrected chi connectivity index (χ3v) is 4.40. The van der Waals surface area contributed by atoms with Crippen molar-refractivity contribution >= 4 is 27.3 Å². The van der Waals surface area contributed by atoms with Crippen LogP contribution in [0.4, 0.5) is 0 Å². The molecular weight excluding hydrogens is 326 g/mol. The van der Waals surface area contributed by atoms with Gasteiger partial charge in [0.25, 0.3) is 0 Å². The summed E-state index contributed by atoms with van der Waals surface area (Å²) in [5.41, 5.74) is 1.17. The van der Waals surface area contributed by atoms with Gasteiger partial charge in [0.1, 0.15) is 0 Å². The van der Waals surface area contributed by atoms with Crippen molar-refractivity contribution in [2.24, 2.45) is 0 Å². The number of nitrogens with one attached hydrogen (secondary N) is 1. The highest BCUT2D eigenvalue weighted by atomic mass is 79.9. The standard InChI is InChI=1S/C14H16BrNO2S/c1-17-13-4-3-10(5-14(13)18-2)7-16-8-12-6-11(15)9-19-12/h3-6,9,16H,7-8H2,1-2H3. The maximum Gasteiger partial charge on any atom is 0.161 e. The molecule has 102 valence electrons. The number of hydrogen-bond acceptors (Lipinski definition) is 4. The Balaban J connectivity index is 1.92. The van der Waals surface area contributed by atoms with Gasteiger partial charge in [-0.25, -0.2) is 0 Å². The highest BCUT2D eigenvalue weighted by molar-refractivity contribution is 9.10. The first-order valence-electron chi connectivity index (χ1n) is 5.87. The van der Waals surface area contributed by atoms with Crippen LogP contribution in [0.25, 0.3) is 0 Å². The normalized spacial score (nSPS) is 10.5. The van der Waals surface area contributed by atoms with E-state index in [4.69, 9.17) is 9.47 Å². The minimum atomic E-state index is 0.758. The van der Waals surface area contributed by atoms with E-state index in [2.05, 4.69) is 32.7 Å². The monoisotopic (exact) mass is 341 g/mol. The summed E-state index contributed by atoms with van der Waals surface area (Å²) in [4.78, 5) is 1.31. The summed E-state index contributed by atoms with van der Waals surface area (Å²) in [6, 6.07) is 8.10. The molecule has 0 radical (unpaired) electrons. The molecule has 1 N–H and O–H groups in total. The molecule has 0 aliphatic carbocycles. The molecular formula is C14H16BrNO2S. The summed E-state index contributed by atoms with van der Waals surface area (Å²) in [6.07, 6.45) is 0. The minimum Gasteiger partial charge on any atom is -0.493 e. The number of halogens is 1. The molecule has 0 fully saturated rings. The van der Waals surface area contributed by atoms with E-state index in [0.717, 1.165) is 29.1 Å². The fourth-order valence-electron chi connectivity index (χ4n) is 1.77. The summed E-state index contributed by atoms with van der Waals surface area (Å²) in [7, 11) is 3.29. The van der Waals surface area contributed by atoms with E-state index in [1.54, 1.807) is 25.6 Å². The fraction of sp³-hybridized carbons (Fsp3) is 0.286. The van der Waals surface area contributed by atoms with Gasteiger partial charge >= 0.3 is 0 Å². The zero-order valence-corrected chi connectivity index (χ0v) is 13.3. The molecule has 0 atom stereocenters. The average molecular weight is 342 g/mol. The molecule has 0 saturated carbocycles. The van der Waals surface area contributed by atoms with Crippen molar-refractivity contribution < 1.29 is 9.47 Å². The van der Waals surface area contributed by atoms with Gasteiger partial charge in [-0.2, -0.15) is 0 Å². The first-order chi connectivity index (χ1) is 9.22. The van der Waals surface area contributed by atoms with Crippen LogP contribution in [0.15, 0.2) is 34.1 Å². The summed E-state index contributed by atoms with van der Waals surface area (Å²) < 4.78 is 11.6. The molecule has 0 saturated heterocycles. The van der Waals surface area contributed by atoms with E-state index in [1.165, 1.54) is 10.4 Å². The molecule has 1 heterocycles. The van der Waals surface area contributed by atoms with Gasteiger partial charge in [0.15, 0.2) is 11.5 Å². The lowest BCUT2D eigenvalue weighted by atomic mass is 10.2. The van der Waals surface area contributed by atoms with E-state index in [9.17, 15) is 0 Å². The number of thiophene rings is 1. The van der Waals surface area contributed by atoms with Crippen LogP contribution in [0.1, 0.15) is 10.4 Å². The molecule has 0 aliphatic heterocycles. The van der Waals surface area contributed by atoms with Crippen LogP contribution >= 0.6 is 27.3 Å². The Morgan fingerprint density at radius 3 is 2.53 bits per heavy atom. The Kier molecular flexibility index (Phi) is 5.24. The van der Waals surface area contributed by atoms with Crippen molar-refractivity contribution in [1.82, 2.24) is 5.32 Å². The molecule has 0 spiro atoms. The van der Waals surface area contributed by atoms with Crippen LogP contribution in [0, 0.1) is 0 Å². The van der Waals surface area contributed by atoms with Crippen molar-refractivity contribution in [3.63, 3.8) is 0 Å². The second kappa shape index (κ2) is 6.93. The first kappa shape index (κ1) is 14.4. The average Bonchev–Trinajstić information content (AvgIpc) is 2.84. The molecule has 5 heteroatoms. The summed E-state index contributed by atoms with van der Waals surface area (Å²) in [6.45, 7) is 1.67. The maximum atomic E-state index is 5.29. The Hall–Kier alpha value is -1.04. The number of hydrogen-bond donors (Lipinski definition) is 1. The molecule has 1 aromatic heterocycles. The fourth-order valence-corrected chi connectivity index (χ4v) is 3.19. The van der Waals surface area contributed by atoms with Gasteiger partial charge in [-0.3, -0.25) is 0 Å². The predicted octanol–water partition coefficient (Wildman–Crippen LogP) is 3.82. The lowest BCUT2D eigenvalue weighted by Gasteiger charge is -2.10. The topological polar surface area (TPSA) is 30.5 Å². The van der Waals surface area contributed by atoms with Crippen molar-refractivity contribution in [2.45, 2.75) is 13.1 Å². The number of benzene rings is 1. The number of rotatable bonds is 6. The van der Waals surface area contributed by atoms with E-state index >= 15 is 0 Å². The summed E-state index contributed by atoms with van der Waals surface area (Å²) in [5, 5.41) is 5.50. The summed E-state index contributed by atoms with van der Waals surface area (Å²) >= 11 is 5.20. The zero-order valence-electron chi connectivity index (χ0n) is 10.9. The Morgan fingerprint density at radius 1 is 1.11 bits per heavy atom. The number of methoxy groups -OCH3 is 2. The molecule has 19 heavy (non-hydrogen) atoms. The second-order valence-electron chi connectivity index (χ2n) is 4.02. The predicted molar refractivity (Wildman–Crippen MR) is 82.1 cm³/mol. The smallest absolute Gasteiger partial charge is 0.161 e. The highest BCUT2D eigenvalue weighted by Crippen LogP contribution is 2.27. The Morgan fingerprint density at radius 2 is 1.89 bits per heavy atom. The highest BCUT2D eigenvalue weighted by Gasteiger charge is 2.04. The van der Waals surface area contributed by atoms with Gasteiger partial charge < -0.3 is 14.8 Å². The largest absolute Gasteiger partial charge is 0.493 e. The van der Waals surface area contributed by atoms with Crippen molar-refractivity contribution in [2.75, 3.05) is 14.2 Å². The van der Waals surface area contributed by atoms with Gasteiger partial charge in [0.05, 0.1) is 14.2 Å². The third-order valence-electron chi connectivity index (χ3n) is 2.70. The minimum absolute atomic E-state index is 0.758. The van der Waals surface area contributed by atoms with Crippen LogP contribution < -0.4 is 14.8 Å².